The van der Waals surface area contributed by atoms with Crippen molar-refractivity contribution in [1.29, 1.82) is 0 Å². The van der Waals surface area contributed by atoms with E-state index < -0.39 is 0 Å². The zero-order chi connectivity index (χ0) is 4.41. The van der Waals surface area contributed by atoms with Crippen molar-refractivity contribution in [3.05, 3.63) is 11.9 Å². The van der Waals surface area contributed by atoms with Crippen molar-refractivity contribution in [3.63, 3.8) is 0 Å². The Morgan fingerprint density at radius 3 is 2.67 bits per heavy atom. The minimum Gasteiger partial charge on any atom is -0.0806 e. The van der Waals surface area contributed by atoms with Crippen molar-refractivity contribution in [2.45, 2.75) is 6.92 Å². The Balaban J connectivity index is 2.60. The van der Waals surface area contributed by atoms with Gasteiger partial charge in [0.25, 0.3) is 0 Å². The molecule has 0 saturated heterocycles. The molecule has 0 bridgehead atoms. The molecule has 0 aromatic carbocycles. The quantitative estimate of drug-likeness (QED) is 0.406. The van der Waals surface area contributed by atoms with Gasteiger partial charge in [-0.2, -0.15) is 0 Å². The van der Waals surface area contributed by atoms with Crippen LogP contribution in [0.5, 0.6) is 0 Å². The average molecular weight is 98.1 g/mol. The Hall–Kier alpha value is -0.0900. The highest BCUT2D eigenvalue weighted by molar-refractivity contribution is 7.42. The molecule has 0 aromatic rings. The van der Waals surface area contributed by atoms with Crippen LogP contribution in [0.1, 0.15) is 6.92 Å². The molecule has 1 heteroatoms. The van der Waals surface area contributed by atoms with E-state index in [2.05, 4.69) is 24.6 Å². The minimum atomic E-state index is 0.728. The standard InChI is InChI=1S/C5H7P/c1-5-2-3-6-4-5/h2-5H,1H3. The Bertz CT molecular complexity index is 80.1. The Labute approximate surface area is 39.7 Å². The van der Waals surface area contributed by atoms with E-state index in [1.54, 1.807) is 0 Å². The number of allylic oxidation sites excluding steroid dienone is 1. The van der Waals surface area contributed by atoms with E-state index >= 15 is 0 Å². The highest BCUT2D eigenvalue weighted by Crippen LogP contribution is 2.11. The van der Waals surface area contributed by atoms with Crippen LogP contribution in [0.3, 0.4) is 0 Å². The van der Waals surface area contributed by atoms with Crippen molar-refractivity contribution < 1.29 is 0 Å². The van der Waals surface area contributed by atoms with Crippen LogP contribution in [-0.2, 0) is 0 Å². The maximum absolute atomic E-state index is 2.26. The molecular formula is C5H7P. The maximum atomic E-state index is 2.26. The van der Waals surface area contributed by atoms with Crippen LogP contribution in [0, 0.1) is 5.92 Å². The summed E-state index contributed by atoms with van der Waals surface area (Å²) in [6.07, 6.45) is 2.21. The molecule has 1 atom stereocenters. The van der Waals surface area contributed by atoms with Gasteiger partial charge in [-0.05, 0) is 11.7 Å². The molecule has 32 valence electrons. The van der Waals surface area contributed by atoms with Gasteiger partial charge in [-0.3, -0.25) is 0 Å². The minimum absolute atomic E-state index is 0.728. The lowest BCUT2D eigenvalue weighted by Crippen LogP contribution is -1.80. The fourth-order valence-corrected chi connectivity index (χ4v) is 1.26. The molecule has 0 amide bonds. The first-order chi connectivity index (χ1) is 2.89. The normalized spacial score (nSPS) is 31.8. The van der Waals surface area contributed by atoms with Crippen LogP contribution in [0.25, 0.3) is 0 Å². The van der Waals surface area contributed by atoms with Crippen molar-refractivity contribution in [1.82, 2.24) is 0 Å². The van der Waals surface area contributed by atoms with Crippen LogP contribution in [0.4, 0.5) is 0 Å². The van der Waals surface area contributed by atoms with Gasteiger partial charge in [0.2, 0.25) is 0 Å². The first kappa shape index (κ1) is 4.08. The van der Waals surface area contributed by atoms with Crippen LogP contribution < -0.4 is 0 Å². The summed E-state index contributed by atoms with van der Waals surface area (Å²) in [5.74, 6) is 5.16. The summed E-state index contributed by atoms with van der Waals surface area (Å²) in [4.78, 5) is 0. The molecule has 1 aliphatic rings. The number of hydrogen-bond donors (Lipinski definition) is 0. The predicted molar refractivity (Wildman–Crippen MR) is 31.3 cm³/mol. The molecule has 0 spiro atoms. The second-order valence-electron chi connectivity index (χ2n) is 1.50. The lowest BCUT2D eigenvalue weighted by molar-refractivity contribution is 1.05. The Kier molecular flexibility index (Phi) is 1.07. The van der Waals surface area contributed by atoms with E-state index in [1.807, 2.05) is 0 Å². The van der Waals surface area contributed by atoms with E-state index in [-0.39, 0.29) is 0 Å². The fourth-order valence-electron chi connectivity index (χ4n) is 0.421. The summed E-state index contributed by atoms with van der Waals surface area (Å²) >= 11 is 0. The SMILES string of the molecule is CC1C=CP=C1. The number of rotatable bonds is 0. The van der Waals surface area contributed by atoms with Crippen LogP contribution >= 0.6 is 8.20 Å². The Morgan fingerprint density at radius 1 is 1.67 bits per heavy atom. The molecule has 0 nitrogen and oxygen atoms in total. The molecule has 0 radical (unpaired) electrons. The molecule has 0 saturated carbocycles. The monoisotopic (exact) mass is 98.0 g/mol. The van der Waals surface area contributed by atoms with Gasteiger partial charge >= 0.3 is 0 Å². The molecule has 0 aliphatic carbocycles. The van der Waals surface area contributed by atoms with E-state index in [1.165, 1.54) is 8.20 Å². The van der Waals surface area contributed by atoms with E-state index in [4.69, 9.17) is 0 Å². The summed E-state index contributed by atoms with van der Waals surface area (Å²) in [7, 11) is 1.38. The number of hydrogen-bond acceptors (Lipinski definition) is 0. The second-order valence-corrected chi connectivity index (χ2v) is 2.39. The highest BCUT2D eigenvalue weighted by Gasteiger charge is 1.90. The first-order valence-electron chi connectivity index (χ1n) is 2.09. The van der Waals surface area contributed by atoms with Crippen molar-refractivity contribution in [2.75, 3.05) is 0 Å². The van der Waals surface area contributed by atoms with Gasteiger partial charge in [0.15, 0.2) is 0 Å². The van der Waals surface area contributed by atoms with Gasteiger partial charge in [-0.1, -0.05) is 27.0 Å². The molecule has 1 rings (SSSR count). The van der Waals surface area contributed by atoms with Gasteiger partial charge in [0, 0.05) is 0 Å². The summed E-state index contributed by atoms with van der Waals surface area (Å²) < 4.78 is 0. The molecule has 1 aliphatic heterocycles. The fraction of sp³-hybridized carbons (Fsp3) is 0.400. The molecule has 1 unspecified atom stereocenters. The molecule has 0 aromatic heterocycles. The first-order valence-corrected chi connectivity index (χ1v) is 3.13. The zero-order valence-corrected chi connectivity index (χ0v) is 4.65. The van der Waals surface area contributed by atoms with E-state index in [0.29, 0.717) is 0 Å². The van der Waals surface area contributed by atoms with E-state index in [0.717, 1.165) is 5.92 Å². The van der Waals surface area contributed by atoms with Gasteiger partial charge < -0.3 is 0 Å². The summed E-state index contributed by atoms with van der Waals surface area (Å²) in [5.41, 5.74) is 0. The van der Waals surface area contributed by atoms with E-state index in [9.17, 15) is 0 Å². The summed E-state index contributed by atoms with van der Waals surface area (Å²) in [5, 5.41) is 0. The van der Waals surface area contributed by atoms with Crippen molar-refractivity contribution >= 4 is 14.0 Å². The largest absolute Gasteiger partial charge is 0.0806 e. The molecule has 1 heterocycles. The Morgan fingerprint density at radius 2 is 2.50 bits per heavy atom. The molecule has 0 N–H and O–H groups in total. The molecular weight excluding hydrogens is 91.0 g/mol. The highest BCUT2D eigenvalue weighted by atomic mass is 31.1. The van der Waals surface area contributed by atoms with Crippen LogP contribution in [-0.4, -0.2) is 5.80 Å². The second kappa shape index (κ2) is 1.57. The molecule has 6 heavy (non-hydrogen) atoms. The third-order valence-corrected chi connectivity index (χ3v) is 1.78. The third kappa shape index (κ3) is 0.693. The smallest absolute Gasteiger partial charge is 0.00290 e. The van der Waals surface area contributed by atoms with Gasteiger partial charge in [-0.25, -0.2) is 0 Å². The van der Waals surface area contributed by atoms with Gasteiger partial charge in [0.1, 0.15) is 0 Å². The molecule has 0 fully saturated rings. The average Bonchev–Trinajstić information content (AvgIpc) is 1.86. The van der Waals surface area contributed by atoms with Gasteiger partial charge in [0.05, 0.1) is 0 Å². The maximum Gasteiger partial charge on any atom is -0.00290 e. The lowest BCUT2D eigenvalue weighted by Gasteiger charge is -1.83. The van der Waals surface area contributed by atoms with Crippen molar-refractivity contribution in [2.24, 2.45) is 5.92 Å². The summed E-state index contributed by atoms with van der Waals surface area (Å²) in [6, 6.07) is 0. The van der Waals surface area contributed by atoms with Crippen molar-refractivity contribution in [3.8, 4) is 0 Å². The summed E-state index contributed by atoms with van der Waals surface area (Å²) in [6.45, 7) is 2.19. The van der Waals surface area contributed by atoms with Crippen LogP contribution in [0.15, 0.2) is 11.9 Å². The third-order valence-electron chi connectivity index (χ3n) is 0.797. The predicted octanol–water partition coefficient (Wildman–Crippen LogP) is 1.90. The topological polar surface area (TPSA) is 0 Å². The van der Waals surface area contributed by atoms with Gasteiger partial charge in [-0.15, -0.1) is 0 Å². The van der Waals surface area contributed by atoms with Crippen LogP contribution in [0.2, 0.25) is 0 Å². The lowest BCUT2D eigenvalue weighted by atomic mass is 10.2. The zero-order valence-electron chi connectivity index (χ0n) is 3.76.